The summed E-state index contributed by atoms with van der Waals surface area (Å²) in [4.78, 5) is 45.6. The van der Waals surface area contributed by atoms with Gasteiger partial charge in [-0.25, -0.2) is 4.79 Å². The van der Waals surface area contributed by atoms with Crippen molar-refractivity contribution >= 4 is 22.6 Å². The summed E-state index contributed by atoms with van der Waals surface area (Å²) in [6, 6.07) is 12.6. The second-order valence-corrected chi connectivity index (χ2v) is 12.9. The zero-order chi connectivity index (χ0) is 33.2. The molecule has 4 aromatic rings. The molecule has 0 atom stereocenters. The van der Waals surface area contributed by atoms with Gasteiger partial charge in [0.25, 0.3) is 11.5 Å². The van der Waals surface area contributed by atoms with Crippen molar-refractivity contribution in [2.75, 3.05) is 37.9 Å². The number of hydrogen-bond donors (Lipinski definition) is 2. The Morgan fingerprint density at radius 1 is 0.915 bits per heavy atom. The van der Waals surface area contributed by atoms with E-state index in [2.05, 4.69) is 40.3 Å². The van der Waals surface area contributed by atoms with E-state index in [0.29, 0.717) is 50.1 Å². The number of carbonyl (C=O) groups is 1. The first-order valence-electron chi connectivity index (χ1n) is 17.0. The van der Waals surface area contributed by atoms with Gasteiger partial charge in [0.2, 0.25) is 0 Å². The zero-order valence-corrected chi connectivity index (χ0v) is 28.3. The summed E-state index contributed by atoms with van der Waals surface area (Å²) in [5.74, 6) is -0.231. The number of hydrogen-bond acceptors (Lipinski definition) is 6. The van der Waals surface area contributed by atoms with Gasteiger partial charge >= 0.3 is 5.69 Å². The number of nitrogens with one attached hydrogen (secondary N) is 2. The molecule has 10 heteroatoms. The van der Waals surface area contributed by atoms with Crippen molar-refractivity contribution in [3.8, 4) is 11.1 Å². The van der Waals surface area contributed by atoms with Crippen molar-refractivity contribution in [1.29, 1.82) is 0 Å². The van der Waals surface area contributed by atoms with Gasteiger partial charge < -0.3 is 24.7 Å². The van der Waals surface area contributed by atoms with Crippen LogP contribution in [0.5, 0.6) is 0 Å². The highest BCUT2D eigenvalue weighted by atomic mass is 16.5. The maximum absolute atomic E-state index is 14.0. The van der Waals surface area contributed by atoms with Crippen molar-refractivity contribution in [3.05, 3.63) is 85.2 Å². The first kappa shape index (κ1) is 32.8. The number of imidazole rings is 1. The first-order valence-corrected chi connectivity index (χ1v) is 17.0. The van der Waals surface area contributed by atoms with Gasteiger partial charge in [-0.2, -0.15) is 0 Å². The maximum atomic E-state index is 14.0. The molecule has 2 aliphatic heterocycles. The van der Waals surface area contributed by atoms with Crippen LogP contribution in [0.15, 0.2) is 46.0 Å². The summed E-state index contributed by atoms with van der Waals surface area (Å²) in [6.07, 6.45) is 3.43. The van der Waals surface area contributed by atoms with Crippen LogP contribution in [0.4, 0.5) is 5.69 Å². The van der Waals surface area contributed by atoms with Crippen LogP contribution in [0.3, 0.4) is 0 Å². The molecule has 2 aromatic carbocycles. The fourth-order valence-corrected chi connectivity index (χ4v) is 7.45. The number of benzene rings is 2. The van der Waals surface area contributed by atoms with Crippen molar-refractivity contribution in [2.45, 2.75) is 85.5 Å². The van der Waals surface area contributed by atoms with E-state index >= 15 is 0 Å². The number of ether oxygens (including phenoxy) is 2. The van der Waals surface area contributed by atoms with Crippen molar-refractivity contribution < 1.29 is 14.3 Å². The van der Waals surface area contributed by atoms with Crippen LogP contribution in [-0.2, 0) is 22.6 Å². The maximum Gasteiger partial charge on any atom is 0.329 e. The van der Waals surface area contributed by atoms with Crippen LogP contribution in [-0.4, -0.2) is 59.0 Å². The second-order valence-electron chi connectivity index (χ2n) is 12.9. The van der Waals surface area contributed by atoms with E-state index < -0.39 is 0 Å². The minimum atomic E-state index is -0.231. The largest absolute Gasteiger partial charge is 0.381 e. The minimum absolute atomic E-state index is 0.00859. The number of amides is 1. The van der Waals surface area contributed by atoms with Crippen molar-refractivity contribution in [2.24, 2.45) is 0 Å². The number of rotatable bonds is 9. The van der Waals surface area contributed by atoms with Gasteiger partial charge in [-0.1, -0.05) is 6.07 Å². The number of fused-ring (bicyclic) bond motifs is 1. The van der Waals surface area contributed by atoms with E-state index in [1.165, 1.54) is 0 Å². The van der Waals surface area contributed by atoms with Crippen LogP contribution in [0.25, 0.3) is 22.2 Å². The standard InChI is InChI=1S/C37H47N5O5/c1-6-40(28-10-14-46-15-11-28)33-21-27(19-30(25(33)5)35(43)38-22-31-23(3)18-24(4)39-36(31)44)26-8-9-32-34(20-26)42(37(45)41(32)7-2)29-12-16-47-17-13-29/h8-9,18-21,28-29H,6-7,10-17,22H2,1-5H3,(H,38,43)(H,39,44). The second kappa shape index (κ2) is 13.9. The lowest BCUT2D eigenvalue weighted by atomic mass is 9.95. The number of aromatic amines is 1. The van der Waals surface area contributed by atoms with Crippen molar-refractivity contribution in [3.63, 3.8) is 0 Å². The number of nitrogens with zero attached hydrogens (tertiary/aromatic N) is 3. The van der Waals surface area contributed by atoms with Crippen molar-refractivity contribution in [1.82, 2.24) is 19.4 Å². The molecule has 2 aromatic heterocycles. The average Bonchev–Trinajstić information content (AvgIpc) is 3.36. The molecule has 0 unspecified atom stereocenters. The SMILES string of the molecule is CCN(c1cc(-c2ccc3c(c2)n(C2CCOCC2)c(=O)n3CC)cc(C(=O)NCc2c(C)cc(C)[nH]c2=O)c1C)C1CCOCC1. The van der Waals surface area contributed by atoms with Crippen LogP contribution in [0.2, 0.25) is 0 Å². The molecule has 0 radical (unpaired) electrons. The molecule has 0 spiro atoms. The summed E-state index contributed by atoms with van der Waals surface area (Å²) in [5.41, 5.74) is 8.14. The van der Waals surface area contributed by atoms with Gasteiger partial charge in [-0.3, -0.25) is 18.7 Å². The van der Waals surface area contributed by atoms with Crippen LogP contribution < -0.4 is 21.5 Å². The molecule has 6 rings (SSSR count). The Balaban J connectivity index is 1.46. The molecule has 2 aliphatic rings. The molecule has 2 fully saturated rings. The van der Waals surface area contributed by atoms with E-state index in [4.69, 9.17) is 9.47 Å². The Hall–Kier alpha value is -4.15. The molecule has 47 heavy (non-hydrogen) atoms. The molecule has 2 N–H and O–H groups in total. The van der Waals surface area contributed by atoms with Gasteiger partial charge in [0, 0.05) is 80.7 Å². The normalized spacial score (nSPS) is 16.1. The highest BCUT2D eigenvalue weighted by molar-refractivity contribution is 5.99. The van der Waals surface area contributed by atoms with E-state index in [9.17, 15) is 14.4 Å². The van der Waals surface area contributed by atoms with E-state index in [0.717, 1.165) is 76.9 Å². The van der Waals surface area contributed by atoms with Crippen LogP contribution in [0.1, 0.15) is 78.3 Å². The third kappa shape index (κ3) is 6.41. The molecule has 4 heterocycles. The molecule has 0 saturated carbocycles. The average molecular weight is 642 g/mol. The van der Waals surface area contributed by atoms with Gasteiger partial charge in [-0.15, -0.1) is 0 Å². The van der Waals surface area contributed by atoms with Crippen LogP contribution in [0, 0.1) is 20.8 Å². The topological polar surface area (TPSA) is 111 Å². The summed E-state index contributed by atoms with van der Waals surface area (Å²) < 4.78 is 15.1. The number of aromatic nitrogens is 3. The third-order valence-electron chi connectivity index (χ3n) is 9.99. The summed E-state index contributed by atoms with van der Waals surface area (Å²) in [7, 11) is 0. The smallest absolute Gasteiger partial charge is 0.329 e. The summed E-state index contributed by atoms with van der Waals surface area (Å²) in [6.45, 7) is 14.1. The molecule has 250 valence electrons. The highest BCUT2D eigenvalue weighted by Crippen LogP contribution is 2.35. The minimum Gasteiger partial charge on any atom is -0.381 e. The number of H-pyrrole nitrogens is 1. The fourth-order valence-electron chi connectivity index (χ4n) is 7.45. The van der Waals surface area contributed by atoms with Gasteiger partial charge in [-0.05, 0) is 113 Å². The molecular formula is C37H47N5O5. The van der Waals surface area contributed by atoms with E-state index in [1.807, 2.05) is 55.0 Å². The molecule has 2 saturated heterocycles. The van der Waals surface area contributed by atoms with Gasteiger partial charge in [0.05, 0.1) is 11.0 Å². The quantitative estimate of drug-likeness (QED) is 0.254. The number of anilines is 1. The lowest BCUT2D eigenvalue weighted by Gasteiger charge is -2.37. The fraction of sp³-hybridized carbons (Fsp3) is 0.486. The Labute approximate surface area is 275 Å². The lowest BCUT2D eigenvalue weighted by molar-refractivity contribution is 0.0696. The van der Waals surface area contributed by atoms with Gasteiger partial charge in [0.1, 0.15) is 0 Å². The first-order chi connectivity index (χ1) is 22.7. The predicted molar refractivity (Wildman–Crippen MR) is 186 cm³/mol. The molecule has 0 aliphatic carbocycles. The van der Waals surface area contributed by atoms with Crippen LogP contribution >= 0.6 is 0 Å². The Kier molecular flexibility index (Phi) is 9.70. The highest BCUT2D eigenvalue weighted by Gasteiger charge is 2.26. The van der Waals surface area contributed by atoms with E-state index in [-0.39, 0.29) is 29.7 Å². The Morgan fingerprint density at radius 3 is 2.28 bits per heavy atom. The van der Waals surface area contributed by atoms with E-state index in [1.54, 1.807) is 0 Å². The predicted octanol–water partition coefficient (Wildman–Crippen LogP) is 5.39. The third-order valence-corrected chi connectivity index (χ3v) is 9.99. The van der Waals surface area contributed by atoms with Gasteiger partial charge in [0.15, 0.2) is 0 Å². The zero-order valence-electron chi connectivity index (χ0n) is 28.3. The Morgan fingerprint density at radius 2 is 1.62 bits per heavy atom. The number of aryl methyl sites for hydroxylation is 3. The molecule has 1 amide bonds. The number of carbonyl (C=O) groups excluding carboxylic acids is 1. The molecule has 10 nitrogen and oxygen atoms in total. The number of pyridine rings is 1. The lowest BCUT2D eigenvalue weighted by Crippen LogP contribution is -2.40. The monoisotopic (exact) mass is 641 g/mol. The molecule has 0 bridgehead atoms. The Bertz CT molecular complexity index is 1890. The summed E-state index contributed by atoms with van der Waals surface area (Å²) in [5, 5.41) is 3.04. The molecular weight excluding hydrogens is 594 g/mol. The summed E-state index contributed by atoms with van der Waals surface area (Å²) >= 11 is 0.